The van der Waals surface area contributed by atoms with Crippen LogP contribution in [0, 0.1) is 0 Å². The highest BCUT2D eigenvalue weighted by Gasteiger charge is 2.47. The zero-order valence-corrected chi connectivity index (χ0v) is 10.1. The molecule has 0 aromatic rings. The van der Waals surface area contributed by atoms with Gasteiger partial charge in [0.2, 0.25) is 5.91 Å². The summed E-state index contributed by atoms with van der Waals surface area (Å²) in [6, 6.07) is -0.554. The number of rotatable bonds is 3. The first-order chi connectivity index (χ1) is 7.31. The summed E-state index contributed by atoms with van der Waals surface area (Å²) in [5, 5.41) is 2.57. The van der Waals surface area contributed by atoms with Crippen molar-refractivity contribution in [2.45, 2.75) is 43.4 Å². The second-order valence-electron chi connectivity index (χ2n) is 4.30. The molecule has 0 aromatic carbocycles. The van der Waals surface area contributed by atoms with Gasteiger partial charge in [0.1, 0.15) is 4.75 Å². The molecule has 1 saturated carbocycles. The Kier molecular flexibility index (Phi) is 3.75. The molecule has 1 aliphatic rings. The number of amides is 1. The Labute approximate surface area is 95.7 Å². The molecule has 0 aliphatic heterocycles. The summed E-state index contributed by atoms with van der Waals surface area (Å²) < 4.78 is 30.7. The molecular formula is C10H17NO4S. The number of hydrogen-bond donors (Lipinski definition) is 2. The van der Waals surface area contributed by atoms with Gasteiger partial charge in [-0.3, -0.25) is 9.35 Å². The number of hydrogen-bond acceptors (Lipinski definition) is 3. The smallest absolute Gasteiger partial charge is 0.272 e. The first kappa shape index (κ1) is 13.2. The van der Waals surface area contributed by atoms with Gasteiger partial charge < -0.3 is 5.32 Å². The van der Waals surface area contributed by atoms with E-state index in [9.17, 15) is 17.8 Å². The Balaban J connectivity index is 2.95. The fraction of sp³-hybridized carbons (Fsp3) is 0.700. The SMILES string of the molecule is C=CC(=O)NC1CCCCC1(C)S(=O)(=O)O. The molecule has 1 amide bonds. The van der Waals surface area contributed by atoms with E-state index < -0.39 is 26.8 Å². The fourth-order valence-corrected chi connectivity index (χ4v) is 3.01. The highest BCUT2D eigenvalue weighted by Crippen LogP contribution is 2.34. The van der Waals surface area contributed by atoms with E-state index in [2.05, 4.69) is 11.9 Å². The van der Waals surface area contributed by atoms with Gasteiger partial charge in [-0.1, -0.05) is 19.4 Å². The van der Waals surface area contributed by atoms with Crippen LogP contribution in [0.1, 0.15) is 32.6 Å². The minimum absolute atomic E-state index is 0.355. The van der Waals surface area contributed by atoms with Crippen molar-refractivity contribution < 1.29 is 17.8 Å². The van der Waals surface area contributed by atoms with E-state index in [0.29, 0.717) is 12.8 Å². The van der Waals surface area contributed by atoms with Crippen molar-refractivity contribution in [2.24, 2.45) is 0 Å². The van der Waals surface area contributed by atoms with Gasteiger partial charge in [-0.25, -0.2) is 0 Å². The molecule has 92 valence electrons. The van der Waals surface area contributed by atoms with Crippen molar-refractivity contribution in [3.8, 4) is 0 Å². The third-order valence-corrected chi connectivity index (χ3v) is 4.91. The average Bonchev–Trinajstić information content (AvgIpc) is 2.19. The Hall–Kier alpha value is -0.880. The van der Waals surface area contributed by atoms with Crippen LogP contribution in [0.4, 0.5) is 0 Å². The maximum absolute atomic E-state index is 11.4. The van der Waals surface area contributed by atoms with Crippen LogP contribution in [0.15, 0.2) is 12.7 Å². The van der Waals surface area contributed by atoms with Crippen LogP contribution in [0.2, 0.25) is 0 Å². The molecule has 6 heteroatoms. The molecule has 5 nitrogen and oxygen atoms in total. The zero-order valence-electron chi connectivity index (χ0n) is 9.27. The second kappa shape index (κ2) is 4.55. The number of carbonyl (C=O) groups is 1. The summed E-state index contributed by atoms with van der Waals surface area (Å²) in [6.07, 6.45) is 3.58. The van der Waals surface area contributed by atoms with Crippen molar-refractivity contribution in [3.63, 3.8) is 0 Å². The van der Waals surface area contributed by atoms with Gasteiger partial charge in [-0.15, -0.1) is 0 Å². The summed E-state index contributed by atoms with van der Waals surface area (Å²) >= 11 is 0. The van der Waals surface area contributed by atoms with Gasteiger partial charge in [-0.2, -0.15) is 8.42 Å². The molecule has 2 atom stereocenters. The average molecular weight is 247 g/mol. The Morgan fingerprint density at radius 1 is 1.56 bits per heavy atom. The molecule has 0 aromatic heterocycles. The first-order valence-corrected chi connectivity index (χ1v) is 6.65. The van der Waals surface area contributed by atoms with Gasteiger partial charge >= 0.3 is 0 Å². The molecule has 0 radical (unpaired) electrons. The molecule has 0 spiro atoms. The van der Waals surface area contributed by atoms with E-state index in [1.165, 1.54) is 6.92 Å². The van der Waals surface area contributed by atoms with Crippen molar-refractivity contribution in [3.05, 3.63) is 12.7 Å². The lowest BCUT2D eigenvalue weighted by Crippen LogP contribution is -2.56. The van der Waals surface area contributed by atoms with Crippen molar-refractivity contribution in [1.82, 2.24) is 5.32 Å². The summed E-state index contributed by atoms with van der Waals surface area (Å²) in [5.41, 5.74) is 0. The molecule has 1 aliphatic carbocycles. The van der Waals surface area contributed by atoms with E-state index in [-0.39, 0.29) is 0 Å². The van der Waals surface area contributed by atoms with Gasteiger partial charge in [0.25, 0.3) is 10.1 Å². The highest BCUT2D eigenvalue weighted by molar-refractivity contribution is 7.87. The maximum Gasteiger partial charge on any atom is 0.272 e. The van der Waals surface area contributed by atoms with E-state index >= 15 is 0 Å². The van der Waals surface area contributed by atoms with Crippen molar-refractivity contribution in [2.75, 3.05) is 0 Å². The molecule has 1 fully saturated rings. The topological polar surface area (TPSA) is 83.5 Å². The summed E-state index contributed by atoms with van der Waals surface area (Å²) in [7, 11) is -4.18. The van der Waals surface area contributed by atoms with Crippen LogP contribution in [0.25, 0.3) is 0 Å². The van der Waals surface area contributed by atoms with E-state index in [1.807, 2.05) is 0 Å². The molecular weight excluding hydrogens is 230 g/mol. The lowest BCUT2D eigenvalue weighted by atomic mass is 9.85. The van der Waals surface area contributed by atoms with Crippen LogP contribution in [0.3, 0.4) is 0 Å². The van der Waals surface area contributed by atoms with E-state index in [0.717, 1.165) is 18.9 Å². The van der Waals surface area contributed by atoms with E-state index in [1.54, 1.807) is 0 Å². The Morgan fingerprint density at radius 3 is 2.69 bits per heavy atom. The lowest BCUT2D eigenvalue weighted by molar-refractivity contribution is -0.117. The fourth-order valence-electron chi connectivity index (χ4n) is 2.07. The summed E-state index contributed by atoms with van der Waals surface area (Å²) in [6.45, 7) is 4.78. The normalized spacial score (nSPS) is 30.8. The highest BCUT2D eigenvalue weighted by atomic mass is 32.2. The largest absolute Gasteiger partial charge is 0.348 e. The number of nitrogens with one attached hydrogen (secondary N) is 1. The van der Waals surface area contributed by atoms with Gasteiger partial charge in [0.05, 0.1) is 6.04 Å². The van der Waals surface area contributed by atoms with Crippen LogP contribution in [-0.2, 0) is 14.9 Å². The maximum atomic E-state index is 11.4. The number of carbonyl (C=O) groups excluding carboxylic acids is 1. The summed E-state index contributed by atoms with van der Waals surface area (Å²) in [4.78, 5) is 11.2. The molecule has 16 heavy (non-hydrogen) atoms. The van der Waals surface area contributed by atoms with Gasteiger partial charge in [0.15, 0.2) is 0 Å². The third kappa shape index (κ3) is 2.44. The minimum Gasteiger partial charge on any atom is -0.348 e. The Morgan fingerprint density at radius 2 is 2.19 bits per heavy atom. The van der Waals surface area contributed by atoms with Crippen molar-refractivity contribution >= 4 is 16.0 Å². The molecule has 2 N–H and O–H groups in total. The standard InChI is InChI=1S/C10H17NO4S/c1-3-9(12)11-8-6-4-5-7-10(8,2)16(13,14)15/h3,8H,1,4-7H2,2H3,(H,11,12)(H,13,14,15). The lowest BCUT2D eigenvalue weighted by Gasteiger charge is -2.38. The predicted octanol–water partition coefficient (Wildman–Crippen LogP) is 0.878. The molecule has 0 bridgehead atoms. The van der Waals surface area contributed by atoms with Crippen LogP contribution in [-0.4, -0.2) is 29.7 Å². The Bertz CT molecular complexity index is 390. The summed E-state index contributed by atoms with van der Waals surface area (Å²) in [5.74, 6) is -0.415. The van der Waals surface area contributed by atoms with Crippen LogP contribution >= 0.6 is 0 Å². The van der Waals surface area contributed by atoms with Crippen molar-refractivity contribution in [1.29, 1.82) is 0 Å². The molecule has 0 saturated heterocycles. The molecule has 1 rings (SSSR count). The van der Waals surface area contributed by atoms with Crippen LogP contribution < -0.4 is 5.32 Å². The monoisotopic (exact) mass is 247 g/mol. The molecule has 2 unspecified atom stereocenters. The second-order valence-corrected chi connectivity index (χ2v) is 6.18. The first-order valence-electron chi connectivity index (χ1n) is 5.21. The van der Waals surface area contributed by atoms with E-state index in [4.69, 9.17) is 0 Å². The minimum atomic E-state index is -4.18. The van der Waals surface area contributed by atoms with Crippen LogP contribution in [0.5, 0.6) is 0 Å². The predicted molar refractivity (Wildman–Crippen MR) is 60.5 cm³/mol. The molecule has 0 heterocycles. The quantitative estimate of drug-likeness (QED) is 0.573. The third-order valence-electron chi connectivity index (χ3n) is 3.24. The zero-order chi connectivity index (χ0) is 12.4. The van der Waals surface area contributed by atoms with Gasteiger partial charge in [0, 0.05) is 0 Å². The van der Waals surface area contributed by atoms with Gasteiger partial charge in [-0.05, 0) is 25.8 Å².